The number of hydrogen-bond donors (Lipinski definition) is 2. The molecular weight excluding hydrogens is 288 g/mol. The Morgan fingerprint density at radius 1 is 1.27 bits per heavy atom. The van der Waals surface area contributed by atoms with Gasteiger partial charge in [-0.15, -0.1) is 17.9 Å². The standard InChI is InChI=1S/C17H20N2S.C2H6/c1-3-9-19-12-13(2)10-16-15(11-17(18)20-16)14-7-5-4-6-8-14;1-2/h3-8,11-12,19H,1,9-10,18H2,2H3;1-2H3/b13-12+;. The molecule has 0 atom stereocenters. The van der Waals surface area contributed by atoms with E-state index in [0.29, 0.717) is 0 Å². The van der Waals surface area contributed by atoms with Crippen LogP contribution in [-0.2, 0) is 6.42 Å². The highest BCUT2D eigenvalue weighted by atomic mass is 32.1. The van der Waals surface area contributed by atoms with Crippen LogP contribution in [-0.4, -0.2) is 6.54 Å². The van der Waals surface area contributed by atoms with Crippen molar-refractivity contribution in [3.8, 4) is 11.1 Å². The minimum atomic E-state index is 0.787. The third-order valence-electron chi connectivity index (χ3n) is 2.96. The number of hydrogen-bond acceptors (Lipinski definition) is 3. The molecule has 3 N–H and O–H groups in total. The highest BCUT2D eigenvalue weighted by Crippen LogP contribution is 2.34. The van der Waals surface area contributed by atoms with Crippen LogP contribution in [0.3, 0.4) is 0 Å². The number of nitrogens with one attached hydrogen (secondary N) is 1. The molecule has 0 fully saturated rings. The molecule has 0 spiro atoms. The molecular formula is C19H26N2S. The average Bonchev–Trinajstić information content (AvgIpc) is 2.91. The Morgan fingerprint density at radius 3 is 2.59 bits per heavy atom. The van der Waals surface area contributed by atoms with Gasteiger partial charge in [0.2, 0.25) is 0 Å². The van der Waals surface area contributed by atoms with Gasteiger partial charge in [-0.25, -0.2) is 0 Å². The maximum Gasteiger partial charge on any atom is 0.0865 e. The fourth-order valence-corrected chi connectivity index (χ4v) is 3.11. The molecule has 2 aromatic rings. The van der Waals surface area contributed by atoms with E-state index >= 15 is 0 Å². The van der Waals surface area contributed by atoms with Gasteiger partial charge in [0.15, 0.2) is 0 Å². The van der Waals surface area contributed by atoms with Gasteiger partial charge in [-0.05, 0) is 30.3 Å². The molecule has 0 aliphatic carbocycles. The van der Waals surface area contributed by atoms with Crippen LogP contribution in [0.5, 0.6) is 0 Å². The van der Waals surface area contributed by atoms with Crippen molar-refractivity contribution in [2.24, 2.45) is 0 Å². The summed E-state index contributed by atoms with van der Waals surface area (Å²) in [5.74, 6) is 0. The highest BCUT2D eigenvalue weighted by Gasteiger charge is 2.09. The lowest BCUT2D eigenvalue weighted by molar-refractivity contribution is 0.956. The Hall–Kier alpha value is -2.00. The molecule has 0 bridgehead atoms. The second-order valence-electron chi connectivity index (χ2n) is 4.72. The van der Waals surface area contributed by atoms with E-state index in [4.69, 9.17) is 5.73 Å². The van der Waals surface area contributed by atoms with Crippen molar-refractivity contribution in [3.05, 3.63) is 65.7 Å². The zero-order chi connectivity index (χ0) is 16.4. The Kier molecular flexibility index (Phi) is 8.08. The summed E-state index contributed by atoms with van der Waals surface area (Å²) in [6.07, 6.45) is 4.81. The van der Waals surface area contributed by atoms with Crippen molar-refractivity contribution in [2.75, 3.05) is 12.3 Å². The molecule has 1 heterocycles. The van der Waals surface area contributed by atoms with Gasteiger partial charge < -0.3 is 11.1 Å². The number of nitrogen functional groups attached to an aromatic ring is 1. The van der Waals surface area contributed by atoms with Crippen LogP contribution in [0.1, 0.15) is 25.6 Å². The van der Waals surface area contributed by atoms with E-state index in [1.54, 1.807) is 11.3 Å². The molecule has 2 nitrogen and oxygen atoms in total. The topological polar surface area (TPSA) is 38.0 Å². The summed E-state index contributed by atoms with van der Waals surface area (Å²) in [6.45, 7) is 10.6. The lowest BCUT2D eigenvalue weighted by atomic mass is 10.0. The van der Waals surface area contributed by atoms with Crippen molar-refractivity contribution in [3.63, 3.8) is 0 Å². The van der Waals surface area contributed by atoms with Crippen LogP contribution in [0.25, 0.3) is 11.1 Å². The van der Waals surface area contributed by atoms with Crippen molar-refractivity contribution in [2.45, 2.75) is 27.2 Å². The van der Waals surface area contributed by atoms with Crippen LogP contribution in [0.4, 0.5) is 5.00 Å². The first-order valence-electron chi connectivity index (χ1n) is 7.64. The molecule has 0 amide bonds. The Bertz CT molecular complexity index is 597. The SMILES string of the molecule is C=CCN/C=C(\C)Cc1sc(N)cc1-c1ccccc1.CC. The molecule has 0 radical (unpaired) electrons. The zero-order valence-corrected chi connectivity index (χ0v) is 14.5. The van der Waals surface area contributed by atoms with Gasteiger partial charge in [0.1, 0.15) is 0 Å². The summed E-state index contributed by atoms with van der Waals surface area (Å²) in [6, 6.07) is 12.5. The van der Waals surface area contributed by atoms with Gasteiger partial charge in [-0.3, -0.25) is 0 Å². The largest absolute Gasteiger partial charge is 0.391 e. The van der Waals surface area contributed by atoms with Gasteiger partial charge in [-0.1, -0.05) is 55.8 Å². The average molecular weight is 314 g/mol. The number of thiophene rings is 1. The maximum atomic E-state index is 5.98. The van der Waals surface area contributed by atoms with E-state index in [1.807, 2.05) is 32.2 Å². The second-order valence-corrected chi connectivity index (χ2v) is 5.88. The van der Waals surface area contributed by atoms with Gasteiger partial charge in [-0.2, -0.15) is 0 Å². The summed E-state index contributed by atoms with van der Waals surface area (Å²) in [4.78, 5) is 1.31. The molecule has 0 aliphatic heterocycles. The number of allylic oxidation sites excluding steroid dienone is 1. The third kappa shape index (κ3) is 5.41. The molecule has 3 heteroatoms. The Morgan fingerprint density at radius 2 is 1.95 bits per heavy atom. The van der Waals surface area contributed by atoms with Crippen molar-refractivity contribution < 1.29 is 0 Å². The van der Waals surface area contributed by atoms with Gasteiger partial charge in [0.05, 0.1) is 5.00 Å². The molecule has 118 valence electrons. The minimum Gasteiger partial charge on any atom is -0.391 e. The summed E-state index contributed by atoms with van der Waals surface area (Å²) in [5, 5.41) is 4.08. The van der Waals surface area contributed by atoms with Crippen molar-refractivity contribution in [1.29, 1.82) is 0 Å². The first-order chi connectivity index (χ1) is 10.7. The number of anilines is 1. The van der Waals surface area contributed by atoms with Crippen molar-refractivity contribution >= 4 is 16.3 Å². The van der Waals surface area contributed by atoms with E-state index in [0.717, 1.165) is 18.0 Å². The lowest BCUT2D eigenvalue weighted by Gasteiger charge is -2.05. The molecule has 0 saturated heterocycles. The maximum absolute atomic E-state index is 5.98. The molecule has 0 unspecified atom stereocenters. The monoisotopic (exact) mass is 314 g/mol. The van der Waals surface area contributed by atoms with Gasteiger partial charge in [0.25, 0.3) is 0 Å². The fraction of sp³-hybridized carbons (Fsp3) is 0.263. The number of benzene rings is 1. The second kappa shape index (κ2) is 9.85. The fourth-order valence-electron chi connectivity index (χ4n) is 2.06. The smallest absolute Gasteiger partial charge is 0.0865 e. The molecule has 1 aromatic carbocycles. The molecule has 22 heavy (non-hydrogen) atoms. The van der Waals surface area contributed by atoms with Crippen LogP contribution >= 0.6 is 11.3 Å². The zero-order valence-electron chi connectivity index (χ0n) is 13.7. The Labute approximate surface area is 138 Å². The Balaban J connectivity index is 0.00000116. The first-order valence-corrected chi connectivity index (χ1v) is 8.46. The summed E-state index contributed by atoms with van der Waals surface area (Å²) in [7, 11) is 0. The molecule has 0 saturated carbocycles. The predicted molar refractivity (Wildman–Crippen MR) is 101 cm³/mol. The first kappa shape index (κ1) is 18.1. The van der Waals surface area contributed by atoms with Gasteiger partial charge >= 0.3 is 0 Å². The van der Waals surface area contributed by atoms with Crippen LogP contribution in [0, 0.1) is 0 Å². The van der Waals surface area contributed by atoms with Crippen molar-refractivity contribution in [1.82, 2.24) is 5.32 Å². The van der Waals surface area contributed by atoms with E-state index in [-0.39, 0.29) is 0 Å². The molecule has 2 rings (SSSR count). The third-order valence-corrected chi connectivity index (χ3v) is 3.93. The number of rotatable bonds is 6. The highest BCUT2D eigenvalue weighted by molar-refractivity contribution is 7.16. The normalized spacial score (nSPS) is 10.6. The molecule has 1 aromatic heterocycles. The van der Waals surface area contributed by atoms with Crippen LogP contribution < -0.4 is 11.1 Å². The number of nitrogens with two attached hydrogens (primary N) is 1. The summed E-state index contributed by atoms with van der Waals surface area (Å²) in [5.41, 5.74) is 9.73. The van der Waals surface area contributed by atoms with E-state index in [9.17, 15) is 0 Å². The predicted octanol–water partition coefficient (Wildman–Crippen LogP) is 5.25. The van der Waals surface area contributed by atoms with E-state index in [2.05, 4.69) is 49.2 Å². The van der Waals surface area contributed by atoms with Crippen LogP contribution in [0.2, 0.25) is 0 Å². The minimum absolute atomic E-state index is 0.787. The summed E-state index contributed by atoms with van der Waals surface area (Å²) >= 11 is 1.67. The van der Waals surface area contributed by atoms with E-state index < -0.39 is 0 Å². The summed E-state index contributed by atoms with van der Waals surface area (Å²) < 4.78 is 0. The quantitative estimate of drug-likeness (QED) is 0.565. The van der Waals surface area contributed by atoms with Gasteiger partial charge in [0, 0.05) is 17.8 Å². The molecule has 0 aliphatic rings. The van der Waals surface area contributed by atoms with E-state index in [1.165, 1.54) is 21.6 Å². The van der Waals surface area contributed by atoms with Crippen LogP contribution in [0.15, 0.2) is 60.8 Å². The lowest BCUT2D eigenvalue weighted by Crippen LogP contribution is -2.05.